The lowest BCUT2D eigenvalue weighted by molar-refractivity contribution is 0.0119. The van der Waals surface area contributed by atoms with Crippen LogP contribution >= 0.6 is 0 Å². The molecule has 122 valence electrons. The lowest BCUT2D eigenvalue weighted by Crippen LogP contribution is -2.50. The minimum absolute atomic E-state index is 0.518. The van der Waals surface area contributed by atoms with Crippen LogP contribution in [0.4, 0.5) is 0 Å². The Labute approximate surface area is 132 Å². The summed E-state index contributed by atoms with van der Waals surface area (Å²) in [5.74, 6) is 0.896. The van der Waals surface area contributed by atoms with Crippen molar-refractivity contribution in [3.05, 3.63) is 0 Å². The van der Waals surface area contributed by atoms with Crippen molar-refractivity contribution < 1.29 is 0 Å². The Kier molecular flexibility index (Phi) is 4.40. The highest BCUT2D eigenvalue weighted by Gasteiger charge is 2.44. The second-order valence-corrected chi connectivity index (χ2v) is 9.71. The normalized spacial score (nSPS) is 33.3. The molecule has 0 bridgehead atoms. The van der Waals surface area contributed by atoms with Crippen molar-refractivity contribution in [2.45, 2.75) is 84.7 Å². The first-order valence-electron chi connectivity index (χ1n) is 9.31. The molecule has 2 nitrogen and oxygen atoms in total. The van der Waals surface area contributed by atoms with Crippen LogP contribution in [0.3, 0.4) is 0 Å². The summed E-state index contributed by atoms with van der Waals surface area (Å²) in [5, 5.41) is 3.61. The van der Waals surface area contributed by atoms with E-state index in [0.29, 0.717) is 10.8 Å². The van der Waals surface area contributed by atoms with Gasteiger partial charge in [0, 0.05) is 18.6 Å². The lowest BCUT2D eigenvalue weighted by atomic mass is 9.63. The van der Waals surface area contributed by atoms with Gasteiger partial charge >= 0.3 is 0 Å². The molecule has 0 aromatic rings. The number of hydrogen-bond donors (Lipinski definition) is 1. The van der Waals surface area contributed by atoms with Crippen LogP contribution in [-0.2, 0) is 0 Å². The van der Waals surface area contributed by atoms with Crippen LogP contribution in [0.15, 0.2) is 0 Å². The third kappa shape index (κ3) is 4.22. The van der Waals surface area contributed by atoms with Gasteiger partial charge in [0.05, 0.1) is 0 Å². The molecule has 1 heterocycles. The topological polar surface area (TPSA) is 15.3 Å². The zero-order valence-electron chi connectivity index (χ0n) is 14.8. The molecular weight excluding hydrogens is 256 g/mol. The van der Waals surface area contributed by atoms with Gasteiger partial charge in [-0.2, -0.15) is 0 Å². The maximum Gasteiger partial charge on any atom is 0.0108 e. The Morgan fingerprint density at radius 3 is 2.14 bits per heavy atom. The van der Waals surface area contributed by atoms with Crippen LogP contribution in [0.25, 0.3) is 0 Å². The van der Waals surface area contributed by atoms with Crippen LogP contribution in [0.5, 0.6) is 0 Å². The quantitative estimate of drug-likeness (QED) is 0.841. The standard InChI is InChI=1S/C19H36N2/c1-18(2)10-17(11-19(3,4)14-18)21(16-7-8-16)13-15-6-5-9-20-12-15/h15-17,20H,5-14H2,1-4H3. The van der Waals surface area contributed by atoms with Crippen molar-refractivity contribution in [1.29, 1.82) is 0 Å². The van der Waals surface area contributed by atoms with Gasteiger partial charge in [-0.1, -0.05) is 27.7 Å². The van der Waals surface area contributed by atoms with Crippen molar-refractivity contribution in [3.8, 4) is 0 Å². The van der Waals surface area contributed by atoms with Gasteiger partial charge in [-0.3, -0.25) is 4.90 Å². The molecular formula is C19H36N2. The molecule has 0 radical (unpaired) electrons. The van der Waals surface area contributed by atoms with E-state index in [1.165, 1.54) is 64.6 Å². The van der Waals surface area contributed by atoms with Crippen molar-refractivity contribution >= 4 is 0 Å². The van der Waals surface area contributed by atoms with Gasteiger partial charge in [-0.15, -0.1) is 0 Å². The summed E-state index contributed by atoms with van der Waals surface area (Å²) in [5.41, 5.74) is 1.04. The molecule has 0 amide bonds. The predicted molar refractivity (Wildman–Crippen MR) is 90.5 cm³/mol. The molecule has 1 N–H and O–H groups in total. The van der Waals surface area contributed by atoms with E-state index < -0.39 is 0 Å². The Balaban J connectivity index is 1.67. The summed E-state index contributed by atoms with van der Waals surface area (Å²) in [7, 11) is 0. The van der Waals surface area contributed by atoms with E-state index in [1.54, 1.807) is 0 Å². The molecule has 3 fully saturated rings. The highest BCUT2D eigenvalue weighted by Crippen LogP contribution is 2.48. The number of rotatable bonds is 4. The molecule has 2 heteroatoms. The Morgan fingerprint density at radius 2 is 1.62 bits per heavy atom. The molecule has 1 saturated heterocycles. The minimum atomic E-state index is 0.518. The van der Waals surface area contributed by atoms with Crippen LogP contribution in [0, 0.1) is 16.7 Å². The molecule has 2 saturated carbocycles. The maximum atomic E-state index is 3.61. The SMILES string of the molecule is CC1(C)CC(N(CC2CCCNC2)C2CC2)CC(C)(C)C1. The van der Waals surface area contributed by atoms with Crippen LogP contribution in [0.2, 0.25) is 0 Å². The van der Waals surface area contributed by atoms with Crippen LogP contribution < -0.4 is 5.32 Å². The zero-order chi connectivity index (χ0) is 15.1. The fourth-order valence-electron chi connectivity index (χ4n) is 5.40. The van der Waals surface area contributed by atoms with Gasteiger partial charge in [0.25, 0.3) is 0 Å². The van der Waals surface area contributed by atoms with Gasteiger partial charge < -0.3 is 5.32 Å². The fraction of sp³-hybridized carbons (Fsp3) is 1.00. The summed E-state index contributed by atoms with van der Waals surface area (Å²) in [6, 6.07) is 1.75. The molecule has 21 heavy (non-hydrogen) atoms. The molecule has 1 unspecified atom stereocenters. The molecule has 2 aliphatic carbocycles. The molecule has 1 aliphatic heterocycles. The molecule has 0 aromatic carbocycles. The van der Waals surface area contributed by atoms with E-state index in [9.17, 15) is 0 Å². The van der Waals surface area contributed by atoms with Gasteiger partial charge in [0.1, 0.15) is 0 Å². The molecule has 1 atom stereocenters. The minimum Gasteiger partial charge on any atom is -0.316 e. The Morgan fingerprint density at radius 1 is 0.952 bits per heavy atom. The van der Waals surface area contributed by atoms with Gasteiger partial charge in [-0.25, -0.2) is 0 Å². The summed E-state index contributed by atoms with van der Waals surface area (Å²) in [6.45, 7) is 13.8. The van der Waals surface area contributed by atoms with E-state index in [2.05, 4.69) is 37.9 Å². The van der Waals surface area contributed by atoms with Gasteiger partial charge in [0.2, 0.25) is 0 Å². The number of nitrogens with one attached hydrogen (secondary N) is 1. The molecule has 3 rings (SSSR count). The zero-order valence-corrected chi connectivity index (χ0v) is 14.8. The first kappa shape index (κ1) is 15.8. The van der Waals surface area contributed by atoms with E-state index in [1.807, 2.05) is 0 Å². The van der Waals surface area contributed by atoms with Crippen LogP contribution in [-0.4, -0.2) is 36.6 Å². The van der Waals surface area contributed by atoms with E-state index in [-0.39, 0.29) is 0 Å². The average molecular weight is 293 g/mol. The number of nitrogens with zero attached hydrogens (tertiary/aromatic N) is 1. The van der Waals surface area contributed by atoms with E-state index in [4.69, 9.17) is 0 Å². The lowest BCUT2D eigenvalue weighted by Gasteiger charge is -2.49. The number of hydrogen-bond acceptors (Lipinski definition) is 2. The summed E-state index contributed by atoms with van der Waals surface area (Å²) >= 11 is 0. The Hall–Kier alpha value is -0.0800. The van der Waals surface area contributed by atoms with E-state index >= 15 is 0 Å². The largest absolute Gasteiger partial charge is 0.316 e. The smallest absolute Gasteiger partial charge is 0.0108 e. The Bertz CT molecular complexity index is 335. The third-order valence-electron chi connectivity index (χ3n) is 5.89. The van der Waals surface area contributed by atoms with Crippen molar-refractivity contribution in [2.24, 2.45) is 16.7 Å². The molecule has 3 aliphatic rings. The average Bonchev–Trinajstić information content (AvgIpc) is 3.17. The first-order valence-corrected chi connectivity index (χ1v) is 9.31. The molecule has 0 aromatic heterocycles. The van der Waals surface area contributed by atoms with Gasteiger partial charge in [-0.05, 0) is 74.8 Å². The number of piperidine rings is 1. The molecule has 0 spiro atoms. The fourth-order valence-corrected chi connectivity index (χ4v) is 5.40. The highest BCUT2D eigenvalue weighted by molar-refractivity contribution is 4.98. The van der Waals surface area contributed by atoms with Gasteiger partial charge in [0.15, 0.2) is 0 Å². The van der Waals surface area contributed by atoms with E-state index in [0.717, 1.165) is 18.0 Å². The summed E-state index contributed by atoms with van der Waals surface area (Å²) in [6.07, 6.45) is 9.94. The van der Waals surface area contributed by atoms with Crippen LogP contribution in [0.1, 0.15) is 72.6 Å². The maximum absolute atomic E-state index is 3.61. The second kappa shape index (κ2) is 5.85. The third-order valence-corrected chi connectivity index (χ3v) is 5.89. The van der Waals surface area contributed by atoms with Crippen molar-refractivity contribution in [2.75, 3.05) is 19.6 Å². The van der Waals surface area contributed by atoms with Crippen molar-refractivity contribution in [1.82, 2.24) is 10.2 Å². The second-order valence-electron chi connectivity index (χ2n) is 9.71. The predicted octanol–water partition coefficient (Wildman–Crippen LogP) is 4.06. The monoisotopic (exact) mass is 292 g/mol. The highest BCUT2D eigenvalue weighted by atomic mass is 15.2. The summed E-state index contributed by atoms with van der Waals surface area (Å²) < 4.78 is 0. The summed E-state index contributed by atoms with van der Waals surface area (Å²) in [4.78, 5) is 2.94. The first-order chi connectivity index (χ1) is 9.85. The van der Waals surface area contributed by atoms with Crippen molar-refractivity contribution in [3.63, 3.8) is 0 Å².